The van der Waals surface area contributed by atoms with E-state index in [0.29, 0.717) is 17.1 Å². The van der Waals surface area contributed by atoms with Crippen LogP contribution in [0.15, 0.2) is 17.5 Å². The monoisotopic (exact) mass is 280 g/mol. The number of aryl methyl sites for hydroxylation is 1. The highest BCUT2D eigenvalue weighted by molar-refractivity contribution is 7.10. The smallest absolute Gasteiger partial charge is 0.331 e. The molecule has 7 nitrogen and oxygen atoms in total. The van der Waals surface area contributed by atoms with Gasteiger partial charge in [0.1, 0.15) is 5.82 Å². The number of carboxylic acids is 1. The molecule has 8 heteroatoms. The van der Waals surface area contributed by atoms with Crippen LogP contribution in [0.1, 0.15) is 34.3 Å². The van der Waals surface area contributed by atoms with E-state index in [9.17, 15) is 9.59 Å². The van der Waals surface area contributed by atoms with Crippen molar-refractivity contribution in [3.63, 3.8) is 0 Å². The van der Waals surface area contributed by atoms with Gasteiger partial charge in [-0.2, -0.15) is 0 Å². The Morgan fingerprint density at radius 2 is 2.37 bits per heavy atom. The van der Waals surface area contributed by atoms with Crippen molar-refractivity contribution in [3.8, 4) is 0 Å². The highest BCUT2D eigenvalue weighted by atomic mass is 32.1. The third kappa shape index (κ3) is 2.97. The van der Waals surface area contributed by atoms with E-state index in [-0.39, 0.29) is 5.82 Å². The minimum absolute atomic E-state index is 0.0559. The number of rotatable bonds is 5. The molecule has 0 aliphatic rings. The number of aromatic amines is 1. The maximum absolute atomic E-state index is 11.9. The fourth-order valence-corrected chi connectivity index (χ4v) is 2.23. The summed E-state index contributed by atoms with van der Waals surface area (Å²) in [5.41, 5.74) is 0. The van der Waals surface area contributed by atoms with Gasteiger partial charge in [0.05, 0.1) is 0 Å². The van der Waals surface area contributed by atoms with Crippen molar-refractivity contribution in [2.75, 3.05) is 0 Å². The highest BCUT2D eigenvalue weighted by Crippen LogP contribution is 2.19. The average Bonchev–Trinajstić information content (AvgIpc) is 3.05. The largest absolute Gasteiger partial charge is 0.479 e. The van der Waals surface area contributed by atoms with Crippen LogP contribution in [0.4, 0.5) is 0 Å². The molecule has 2 heterocycles. The number of aromatic nitrogens is 3. The van der Waals surface area contributed by atoms with Gasteiger partial charge in [-0.05, 0) is 11.4 Å². The summed E-state index contributed by atoms with van der Waals surface area (Å²) < 4.78 is 0. The summed E-state index contributed by atoms with van der Waals surface area (Å²) in [6, 6.07) is 2.29. The number of amides is 1. The number of thiophene rings is 1. The zero-order valence-corrected chi connectivity index (χ0v) is 10.9. The van der Waals surface area contributed by atoms with Gasteiger partial charge in [0.2, 0.25) is 5.82 Å². The Morgan fingerprint density at radius 3 is 2.89 bits per heavy atom. The maximum Gasteiger partial charge on any atom is 0.331 e. The molecular formula is C11H12N4O3S. The van der Waals surface area contributed by atoms with Crippen molar-refractivity contribution < 1.29 is 14.7 Å². The third-order valence-electron chi connectivity index (χ3n) is 2.42. The lowest BCUT2D eigenvalue weighted by molar-refractivity contribution is -0.139. The Bertz CT molecular complexity index is 579. The van der Waals surface area contributed by atoms with Gasteiger partial charge in [-0.3, -0.25) is 9.89 Å². The summed E-state index contributed by atoms with van der Waals surface area (Å²) in [6.45, 7) is 1.87. The average molecular weight is 280 g/mol. The van der Waals surface area contributed by atoms with Crippen LogP contribution >= 0.6 is 11.3 Å². The van der Waals surface area contributed by atoms with Crippen LogP contribution in [-0.4, -0.2) is 32.2 Å². The van der Waals surface area contributed by atoms with Crippen LogP contribution in [0.3, 0.4) is 0 Å². The third-order valence-corrected chi connectivity index (χ3v) is 3.36. The predicted molar refractivity (Wildman–Crippen MR) is 67.9 cm³/mol. The molecule has 100 valence electrons. The molecule has 1 amide bonds. The topological polar surface area (TPSA) is 108 Å². The molecule has 0 aliphatic carbocycles. The Balaban J connectivity index is 2.13. The Labute approximate surface area is 112 Å². The van der Waals surface area contributed by atoms with Gasteiger partial charge in [-0.1, -0.05) is 13.0 Å². The molecule has 0 fully saturated rings. The molecule has 0 bridgehead atoms. The van der Waals surface area contributed by atoms with Crippen LogP contribution in [0.5, 0.6) is 0 Å². The van der Waals surface area contributed by atoms with Crippen LogP contribution < -0.4 is 5.32 Å². The number of hydrogen-bond acceptors (Lipinski definition) is 5. The van der Waals surface area contributed by atoms with Crippen LogP contribution in [0.2, 0.25) is 0 Å². The first kappa shape index (κ1) is 13.2. The van der Waals surface area contributed by atoms with E-state index >= 15 is 0 Å². The van der Waals surface area contributed by atoms with E-state index < -0.39 is 17.9 Å². The molecule has 0 aliphatic heterocycles. The van der Waals surface area contributed by atoms with Gasteiger partial charge >= 0.3 is 5.97 Å². The summed E-state index contributed by atoms with van der Waals surface area (Å²) in [7, 11) is 0. The number of carbonyl (C=O) groups excluding carboxylic acids is 1. The van der Waals surface area contributed by atoms with E-state index in [2.05, 4.69) is 20.5 Å². The number of H-pyrrole nitrogens is 1. The molecule has 2 aromatic heterocycles. The minimum atomic E-state index is -1.12. The first-order valence-corrected chi connectivity index (χ1v) is 6.48. The number of hydrogen-bond donors (Lipinski definition) is 3. The second kappa shape index (κ2) is 5.61. The van der Waals surface area contributed by atoms with Gasteiger partial charge in [0.25, 0.3) is 5.91 Å². The molecule has 3 N–H and O–H groups in total. The number of carboxylic acid groups (broad SMARTS) is 1. The highest BCUT2D eigenvalue weighted by Gasteiger charge is 2.25. The molecule has 2 aromatic rings. The first-order valence-electron chi connectivity index (χ1n) is 5.60. The zero-order valence-electron chi connectivity index (χ0n) is 10.1. The van der Waals surface area contributed by atoms with Crippen molar-refractivity contribution in [1.29, 1.82) is 0 Å². The predicted octanol–water partition coefficient (Wildman–Crippen LogP) is 0.984. The number of carbonyl (C=O) groups is 2. The quantitative estimate of drug-likeness (QED) is 0.756. The van der Waals surface area contributed by atoms with E-state index in [4.69, 9.17) is 5.11 Å². The SMILES string of the molecule is CCc1nc(C(=O)NC(C(=O)O)c2cccs2)n[nH]1. The molecule has 0 radical (unpaired) electrons. The summed E-state index contributed by atoms with van der Waals surface area (Å²) in [4.78, 5) is 27.5. The summed E-state index contributed by atoms with van der Waals surface area (Å²) in [6.07, 6.45) is 0.619. The van der Waals surface area contributed by atoms with E-state index in [1.54, 1.807) is 17.5 Å². The van der Waals surface area contributed by atoms with Gasteiger partial charge in [0, 0.05) is 11.3 Å². The standard InChI is InChI=1S/C11H12N4O3S/c1-2-7-12-9(15-14-7)10(16)13-8(11(17)18)6-4-3-5-19-6/h3-5,8H,2H2,1H3,(H,13,16)(H,17,18)(H,12,14,15). The molecule has 2 rings (SSSR count). The molecule has 1 atom stereocenters. The molecule has 0 spiro atoms. The molecular weight excluding hydrogens is 268 g/mol. The fourth-order valence-electron chi connectivity index (χ4n) is 1.46. The van der Waals surface area contributed by atoms with Crippen molar-refractivity contribution in [2.24, 2.45) is 0 Å². The number of nitrogens with one attached hydrogen (secondary N) is 2. The Morgan fingerprint density at radius 1 is 1.58 bits per heavy atom. The summed E-state index contributed by atoms with van der Waals surface area (Å²) in [5.74, 6) is -1.22. The van der Waals surface area contributed by atoms with Crippen LogP contribution in [0.25, 0.3) is 0 Å². The second-order valence-corrected chi connectivity index (χ2v) is 4.70. The number of aliphatic carboxylic acids is 1. The van der Waals surface area contributed by atoms with E-state index in [1.807, 2.05) is 6.92 Å². The van der Waals surface area contributed by atoms with Gasteiger partial charge in [-0.15, -0.1) is 16.4 Å². The minimum Gasteiger partial charge on any atom is -0.479 e. The van der Waals surface area contributed by atoms with Crippen molar-refractivity contribution in [1.82, 2.24) is 20.5 Å². The van der Waals surface area contributed by atoms with E-state index in [0.717, 1.165) is 0 Å². The molecule has 0 aromatic carbocycles. The second-order valence-electron chi connectivity index (χ2n) is 3.72. The molecule has 0 saturated carbocycles. The van der Waals surface area contributed by atoms with Gasteiger partial charge in [0.15, 0.2) is 6.04 Å². The lowest BCUT2D eigenvalue weighted by Crippen LogP contribution is -2.33. The number of nitrogens with zero attached hydrogens (tertiary/aromatic N) is 2. The fraction of sp³-hybridized carbons (Fsp3) is 0.273. The summed E-state index contributed by atoms with van der Waals surface area (Å²) >= 11 is 1.26. The molecule has 19 heavy (non-hydrogen) atoms. The zero-order chi connectivity index (χ0) is 13.8. The molecule has 0 saturated heterocycles. The van der Waals surface area contributed by atoms with Crippen LogP contribution in [0, 0.1) is 0 Å². The lowest BCUT2D eigenvalue weighted by atomic mass is 10.2. The summed E-state index contributed by atoms with van der Waals surface area (Å²) in [5, 5.41) is 19.6. The van der Waals surface area contributed by atoms with Crippen LogP contribution in [-0.2, 0) is 11.2 Å². The van der Waals surface area contributed by atoms with Gasteiger partial charge in [-0.25, -0.2) is 9.78 Å². The van der Waals surface area contributed by atoms with Crippen molar-refractivity contribution in [3.05, 3.63) is 34.0 Å². The molecule has 1 unspecified atom stereocenters. The normalized spacial score (nSPS) is 12.1. The Kier molecular flexibility index (Phi) is 3.91. The first-order chi connectivity index (χ1) is 9.11. The van der Waals surface area contributed by atoms with E-state index in [1.165, 1.54) is 11.3 Å². The lowest BCUT2D eigenvalue weighted by Gasteiger charge is -2.11. The maximum atomic E-state index is 11.9. The Hall–Kier alpha value is -2.22. The van der Waals surface area contributed by atoms with Gasteiger partial charge < -0.3 is 10.4 Å². The van der Waals surface area contributed by atoms with Crippen molar-refractivity contribution in [2.45, 2.75) is 19.4 Å². The van der Waals surface area contributed by atoms with Crippen molar-refractivity contribution >= 4 is 23.2 Å².